The van der Waals surface area contributed by atoms with Crippen molar-refractivity contribution in [3.63, 3.8) is 0 Å². The number of hydrogen-bond donors (Lipinski definition) is 1. The molecule has 118 valence electrons. The van der Waals surface area contributed by atoms with Gasteiger partial charge in [0.15, 0.2) is 5.75 Å². The Morgan fingerprint density at radius 2 is 1.67 bits per heavy atom. The lowest BCUT2D eigenvalue weighted by molar-refractivity contribution is 0.0734. The van der Waals surface area contributed by atoms with Crippen LogP contribution in [0.1, 0.15) is 10.4 Å². The van der Waals surface area contributed by atoms with Crippen LogP contribution in [0.3, 0.4) is 0 Å². The van der Waals surface area contributed by atoms with Gasteiger partial charge in [0.1, 0.15) is 0 Å². The molecule has 3 aromatic rings. The quantitative estimate of drug-likeness (QED) is 0.367. The lowest BCUT2D eigenvalue weighted by Gasteiger charge is -2.22. The molecule has 0 amide bonds. The number of anilines is 2. The first-order chi connectivity index (χ1) is 11.7. The fraction of sp³-hybridized carbons (Fsp3) is 0. The van der Waals surface area contributed by atoms with Crippen LogP contribution in [0, 0.1) is 0 Å². The van der Waals surface area contributed by atoms with E-state index in [1.54, 1.807) is 42.1 Å². The minimum absolute atomic E-state index is 0.359. The number of rotatable bonds is 2. The molecule has 3 aromatic carbocycles. The molecule has 5 heteroatoms. The van der Waals surface area contributed by atoms with Crippen LogP contribution in [-0.2, 0) is 0 Å². The lowest BCUT2D eigenvalue weighted by Crippen LogP contribution is -2.09. The summed E-state index contributed by atoms with van der Waals surface area (Å²) in [6.45, 7) is 0. The zero-order valence-corrected chi connectivity index (χ0v) is 14.0. The van der Waals surface area contributed by atoms with Crippen LogP contribution in [0.2, 0.25) is 5.02 Å². The number of halogens is 1. The molecule has 0 atom stereocenters. The smallest absolute Gasteiger partial charge is 0.343 e. The number of carbonyl (C=O) groups excluding carboxylic acids is 1. The second-order valence-corrected chi connectivity index (χ2v) is 6.66. The summed E-state index contributed by atoms with van der Waals surface area (Å²) in [5.74, 6) is -0.0652. The summed E-state index contributed by atoms with van der Waals surface area (Å²) < 4.78 is 5.47. The SMILES string of the molecule is O=C(Oc1ccc2c(c1Cl)Sc1ccccc1N2)c1ccccc1. The summed E-state index contributed by atoms with van der Waals surface area (Å²) in [5.41, 5.74) is 2.44. The average Bonchev–Trinajstić information content (AvgIpc) is 2.63. The number of para-hydroxylation sites is 1. The fourth-order valence-corrected chi connectivity index (χ4v) is 3.80. The third kappa shape index (κ3) is 2.75. The molecule has 0 unspecified atom stereocenters. The van der Waals surface area contributed by atoms with E-state index >= 15 is 0 Å². The number of carbonyl (C=O) groups is 1. The maximum atomic E-state index is 12.2. The van der Waals surface area contributed by atoms with Crippen molar-refractivity contribution < 1.29 is 9.53 Å². The van der Waals surface area contributed by atoms with Gasteiger partial charge in [0.05, 0.1) is 26.9 Å². The van der Waals surface area contributed by atoms with Crippen LogP contribution in [0.25, 0.3) is 0 Å². The minimum atomic E-state index is -0.424. The third-order valence-electron chi connectivity index (χ3n) is 3.64. The van der Waals surface area contributed by atoms with Crippen LogP contribution < -0.4 is 10.1 Å². The van der Waals surface area contributed by atoms with E-state index in [0.717, 1.165) is 21.2 Å². The number of nitrogens with one attached hydrogen (secondary N) is 1. The third-order valence-corrected chi connectivity index (χ3v) is 5.33. The molecule has 4 rings (SSSR count). The van der Waals surface area contributed by atoms with Crippen LogP contribution in [0.4, 0.5) is 11.4 Å². The van der Waals surface area contributed by atoms with E-state index in [-0.39, 0.29) is 0 Å². The normalized spacial score (nSPS) is 11.9. The largest absolute Gasteiger partial charge is 0.421 e. The number of esters is 1. The van der Waals surface area contributed by atoms with Crippen molar-refractivity contribution in [1.29, 1.82) is 0 Å². The first-order valence-electron chi connectivity index (χ1n) is 7.36. The van der Waals surface area contributed by atoms with Crippen molar-refractivity contribution >= 4 is 40.7 Å². The highest BCUT2D eigenvalue weighted by molar-refractivity contribution is 7.99. The molecular formula is C19H12ClNO2S. The van der Waals surface area contributed by atoms with Gasteiger partial charge >= 0.3 is 5.97 Å². The topological polar surface area (TPSA) is 38.3 Å². The zero-order chi connectivity index (χ0) is 16.5. The predicted molar refractivity (Wildman–Crippen MR) is 96.7 cm³/mol. The monoisotopic (exact) mass is 353 g/mol. The molecular weight excluding hydrogens is 342 g/mol. The van der Waals surface area contributed by atoms with Crippen molar-refractivity contribution in [2.75, 3.05) is 5.32 Å². The van der Waals surface area contributed by atoms with Crippen molar-refractivity contribution in [1.82, 2.24) is 0 Å². The van der Waals surface area contributed by atoms with Crippen LogP contribution in [0.15, 0.2) is 76.5 Å². The van der Waals surface area contributed by atoms with Gasteiger partial charge in [-0.25, -0.2) is 4.79 Å². The van der Waals surface area contributed by atoms with Crippen molar-refractivity contribution in [2.24, 2.45) is 0 Å². The molecule has 1 aliphatic heterocycles. The molecule has 24 heavy (non-hydrogen) atoms. The van der Waals surface area contributed by atoms with Crippen LogP contribution >= 0.6 is 23.4 Å². The lowest BCUT2D eigenvalue weighted by atomic mass is 10.2. The molecule has 1 heterocycles. The molecule has 0 saturated heterocycles. The van der Waals surface area contributed by atoms with Crippen LogP contribution in [0.5, 0.6) is 5.75 Å². The molecule has 0 saturated carbocycles. The summed E-state index contributed by atoms with van der Waals surface area (Å²) in [7, 11) is 0. The van der Waals surface area contributed by atoms with Crippen molar-refractivity contribution in [2.45, 2.75) is 9.79 Å². The van der Waals surface area contributed by atoms with Gasteiger partial charge < -0.3 is 10.1 Å². The maximum absolute atomic E-state index is 12.2. The second kappa shape index (κ2) is 6.23. The maximum Gasteiger partial charge on any atom is 0.343 e. The Labute approximate surface area is 148 Å². The van der Waals surface area contributed by atoms with E-state index in [2.05, 4.69) is 5.32 Å². The molecule has 0 spiro atoms. The number of benzene rings is 3. The number of hydrogen-bond acceptors (Lipinski definition) is 4. The molecule has 3 nitrogen and oxygen atoms in total. The Kier molecular flexibility index (Phi) is 3.92. The fourth-order valence-electron chi connectivity index (χ4n) is 2.46. The van der Waals surface area contributed by atoms with E-state index in [1.165, 1.54) is 0 Å². The number of ether oxygens (including phenoxy) is 1. The average molecular weight is 354 g/mol. The van der Waals surface area contributed by atoms with Crippen molar-refractivity contribution in [3.8, 4) is 5.75 Å². The summed E-state index contributed by atoms with van der Waals surface area (Å²) in [6, 6.07) is 20.4. The van der Waals surface area contributed by atoms with Gasteiger partial charge in [-0.1, -0.05) is 53.7 Å². The van der Waals surface area contributed by atoms with Gasteiger partial charge in [-0.15, -0.1) is 0 Å². The second-order valence-electron chi connectivity index (χ2n) is 5.23. The summed E-state index contributed by atoms with van der Waals surface area (Å²) >= 11 is 8.05. The molecule has 0 fully saturated rings. The van der Waals surface area contributed by atoms with Crippen LogP contribution in [-0.4, -0.2) is 5.97 Å². The Bertz CT molecular complexity index is 928. The first kappa shape index (κ1) is 15.1. The van der Waals surface area contributed by atoms with Crippen molar-refractivity contribution in [3.05, 3.63) is 77.3 Å². The van der Waals surface area contributed by atoms with E-state index in [9.17, 15) is 4.79 Å². The molecule has 0 bridgehead atoms. The van der Waals surface area contributed by atoms with E-state index < -0.39 is 5.97 Å². The highest BCUT2D eigenvalue weighted by atomic mass is 35.5. The summed E-state index contributed by atoms with van der Waals surface area (Å²) in [5, 5.41) is 3.78. The highest BCUT2D eigenvalue weighted by Crippen LogP contribution is 2.49. The molecule has 1 aliphatic rings. The highest BCUT2D eigenvalue weighted by Gasteiger charge is 2.21. The summed E-state index contributed by atoms with van der Waals surface area (Å²) in [4.78, 5) is 14.2. The molecule has 0 aromatic heterocycles. The Hall–Kier alpha value is -2.43. The summed E-state index contributed by atoms with van der Waals surface area (Å²) in [6.07, 6.45) is 0. The molecule has 0 aliphatic carbocycles. The predicted octanol–water partition coefficient (Wildman–Crippen LogP) is 5.77. The van der Waals surface area contributed by atoms with Gasteiger partial charge in [-0.05, 0) is 36.4 Å². The van der Waals surface area contributed by atoms with Gasteiger partial charge in [0.25, 0.3) is 0 Å². The van der Waals surface area contributed by atoms with Gasteiger partial charge in [0, 0.05) is 4.90 Å². The van der Waals surface area contributed by atoms with E-state index in [4.69, 9.17) is 16.3 Å². The standard InChI is InChI=1S/C19H12ClNO2S/c20-17-15(23-19(22)12-6-2-1-3-7-12)11-10-14-18(17)24-16-9-5-4-8-13(16)21-14/h1-11,21H. The minimum Gasteiger partial charge on any atom is -0.421 e. The van der Waals surface area contributed by atoms with E-state index in [1.807, 2.05) is 36.4 Å². The number of fused-ring (bicyclic) bond motifs is 2. The Morgan fingerprint density at radius 1 is 0.917 bits per heavy atom. The Balaban J connectivity index is 1.65. The Morgan fingerprint density at radius 3 is 2.50 bits per heavy atom. The van der Waals surface area contributed by atoms with Gasteiger partial charge in [-0.3, -0.25) is 0 Å². The van der Waals surface area contributed by atoms with Gasteiger partial charge in [-0.2, -0.15) is 0 Å². The van der Waals surface area contributed by atoms with Gasteiger partial charge in [0.2, 0.25) is 0 Å². The first-order valence-corrected chi connectivity index (χ1v) is 8.55. The molecule has 1 N–H and O–H groups in total. The zero-order valence-electron chi connectivity index (χ0n) is 12.5. The van der Waals surface area contributed by atoms with E-state index in [0.29, 0.717) is 16.3 Å². The molecule has 0 radical (unpaired) electrons.